The molecule has 0 aliphatic carbocycles. The van der Waals surface area contributed by atoms with Gasteiger partial charge in [-0.3, -0.25) is 4.90 Å². The van der Waals surface area contributed by atoms with E-state index in [4.69, 9.17) is 0 Å². The van der Waals surface area contributed by atoms with Crippen molar-refractivity contribution < 1.29 is 0 Å². The molecule has 3 rings (SSSR count). The van der Waals surface area contributed by atoms with Gasteiger partial charge >= 0.3 is 0 Å². The van der Waals surface area contributed by atoms with Crippen LogP contribution in [0.15, 0.2) is 0 Å². The zero-order valence-electron chi connectivity index (χ0n) is 19.5. The van der Waals surface area contributed by atoms with Gasteiger partial charge in [-0.15, -0.1) is 0 Å². The Kier molecular flexibility index (Phi) is 13.6. The van der Waals surface area contributed by atoms with E-state index in [0.29, 0.717) is 0 Å². The Bertz CT molecular complexity index is 273. The van der Waals surface area contributed by atoms with Crippen molar-refractivity contribution >= 4 is 0 Å². The van der Waals surface area contributed by atoms with Gasteiger partial charge in [0.2, 0.25) is 0 Å². The highest BCUT2D eigenvalue weighted by atomic mass is 15.2. The van der Waals surface area contributed by atoms with E-state index in [1.54, 1.807) is 0 Å². The summed E-state index contributed by atoms with van der Waals surface area (Å²) in [5.41, 5.74) is 0. The van der Waals surface area contributed by atoms with E-state index in [1.807, 2.05) is 0 Å². The van der Waals surface area contributed by atoms with Crippen LogP contribution in [0.25, 0.3) is 0 Å². The molecular formula is C23H50N4. The second-order valence-electron chi connectivity index (χ2n) is 9.26. The summed E-state index contributed by atoms with van der Waals surface area (Å²) < 4.78 is 0. The van der Waals surface area contributed by atoms with Crippen LogP contribution in [0.5, 0.6) is 0 Å². The average Bonchev–Trinajstić information content (AvgIpc) is 2.71. The van der Waals surface area contributed by atoms with Crippen LogP contribution >= 0.6 is 0 Å². The molecule has 0 radical (unpaired) electrons. The minimum atomic E-state index is 0.729. The van der Waals surface area contributed by atoms with Gasteiger partial charge in [-0.1, -0.05) is 12.8 Å². The Hall–Kier alpha value is -0.160. The van der Waals surface area contributed by atoms with Gasteiger partial charge in [0, 0.05) is 44.3 Å². The number of nitrogens with zero attached hydrogens (tertiary/aromatic N) is 3. The third kappa shape index (κ3) is 11.4. The molecule has 0 unspecified atom stereocenters. The van der Waals surface area contributed by atoms with Crippen LogP contribution in [-0.2, 0) is 0 Å². The Morgan fingerprint density at radius 3 is 0.963 bits per heavy atom. The molecule has 162 valence electrons. The number of hydrogen-bond acceptors (Lipinski definition) is 4. The lowest BCUT2D eigenvalue weighted by molar-refractivity contribution is 0.185. The predicted octanol–water partition coefficient (Wildman–Crippen LogP) is 4.06. The SMILES string of the molecule is CC(C)N1CCCCC1.CC(C)N1CCCCC1.CC(C)N1CCNCC1. The topological polar surface area (TPSA) is 21.8 Å². The summed E-state index contributed by atoms with van der Waals surface area (Å²) in [6.45, 7) is 23.7. The maximum atomic E-state index is 3.33. The van der Waals surface area contributed by atoms with Crippen molar-refractivity contribution in [3.63, 3.8) is 0 Å². The summed E-state index contributed by atoms with van der Waals surface area (Å²) in [6.07, 6.45) is 8.55. The Morgan fingerprint density at radius 2 is 0.741 bits per heavy atom. The van der Waals surface area contributed by atoms with E-state index in [9.17, 15) is 0 Å². The predicted molar refractivity (Wildman–Crippen MR) is 121 cm³/mol. The maximum absolute atomic E-state index is 3.33. The van der Waals surface area contributed by atoms with Gasteiger partial charge in [0.05, 0.1) is 0 Å². The molecule has 3 saturated heterocycles. The maximum Gasteiger partial charge on any atom is 0.0110 e. The monoisotopic (exact) mass is 382 g/mol. The van der Waals surface area contributed by atoms with Crippen LogP contribution < -0.4 is 5.32 Å². The van der Waals surface area contributed by atoms with Gasteiger partial charge in [-0.05, 0) is 93.4 Å². The minimum absolute atomic E-state index is 0.729. The first kappa shape index (κ1) is 24.9. The largest absolute Gasteiger partial charge is 0.314 e. The molecule has 3 fully saturated rings. The molecule has 0 atom stereocenters. The van der Waals surface area contributed by atoms with Crippen molar-refractivity contribution in [1.82, 2.24) is 20.0 Å². The molecule has 0 spiro atoms. The number of likely N-dealkylation sites (tertiary alicyclic amines) is 2. The standard InChI is InChI=1S/2C8H17N.C7H16N2/c2*1-8(2)9-6-4-3-5-7-9;1-7(2)9-5-3-8-4-6-9/h2*8H,3-7H2,1-2H3;7-8H,3-6H2,1-2H3. The molecule has 3 aliphatic heterocycles. The molecule has 0 bridgehead atoms. The van der Waals surface area contributed by atoms with Gasteiger partial charge < -0.3 is 15.1 Å². The van der Waals surface area contributed by atoms with Crippen LogP contribution in [0.2, 0.25) is 0 Å². The summed E-state index contributed by atoms with van der Waals surface area (Å²) in [5.74, 6) is 0. The molecule has 0 saturated carbocycles. The first-order valence-electron chi connectivity index (χ1n) is 11.8. The lowest BCUT2D eigenvalue weighted by Gasteiger charge is -2.30. The number of piperazine rings is 1. The summed E-state index contributed by atoms with van der Waals surface area (Å²) in [5, 5.41) is 3.33. The molecule has 3 aliphatic rings. The average molecular weight is 383 g/mol. The van der Waals surface area contributed by atoms with E-state index in [2.05, 4.69) is 61.6 Å². The third-order valence-electron chi connectivity index (χ3n) is 6.12. The van der Waals surface area contributed by atoms with Gasteiger partial charge in [-0.25, -0.2) is 0 Å². The summed E-state index contributed by atoms with van der Waals surface area (Å²) >= 11 is 0. The fourth-order valence-electron chi connectivity index (χ4n) is 4.07. The first-order valence-corrected chi connectivity index (χ1v) is 11.8. The van der Waals surface area contributed by atoms with Gasteiger partial charge in [0.1, 0.15) is 0 Å². The molecular weight excluding hydrogens is 332 g/mol. The van der Waals surface area contributed by atoms with Crippen molar-refractivity contribution in [2.24, 2.45) is 0 Å². The smallest absolute Gasteiger partial charge is 0.0110 e. The number of hydrogen-bond donors (Lipinski definition) is 1. The fraction of sp³-hybridized carbons (Fsp3) is 1.00. The van der Waals surface area contributed by atoms with E-state index >= 15 is 0 Å². The molecule has 3 heterocycles. The van der Waals surface area contributed by atoms with Crippen LogP contribution in [0.1, 0.15) is 80.1 Å². The quantitative estimate of drug-likeness (QED) is 0.794. The Labute approximate surface area is 171 Å². The first-order chi connectivity index (χ1) is 12.9. The summed E-state index contributed by atoms with van der Waals surface area (Å²) in [4.78, 5) is 7.61. The van der Waals surface area contributed by atoms with E-state index in [1.165, 1.54) is 77.8 Å². The molecule has 27 heavy (non-hydrogen) atoms. The van der Waals surface area contributed by atoms with Crippen LogP contribution in [0.4, 0.5) is 0 Å². The molecule has 4 nitrogen and oxygen atoms in total. The molecule has 0 aromatic carbocycles. The summed E-state index contributed by atoms with van der Waals surface area (Å²) in [7, 11) is 0. The zero-order chi connectivity index (χ0) is 20.1. The zero-order valence-corrected chi connectivity index (χ0v) is 19.5. The lowest BCUT2D eigenvalue weighted by Crippen LogP contribution is -2.46. The molecule has 0 amide bonds. The van der Waals surface area contributed by atoms with Gasteiger partial charge in [-0.2, -0.15) is 0 Å². The highest BCUT2D eigenvalue weighted by Crippen LogP contribution is 2.11. The Morgan fingerprint density at radius 1 is 0.444 bits per heavy atom. The molecule has 0 aromatic rings. The third-order valence-corrected chi connectivity index (χ3v) is 6.12. The molecule has 0 aromatic heterocycles. The van der Waals surface area contributed by atoms with Crippen LogP contribution in [-0.4, -0.2) is 85.2 Å². The van der Waals surface area contributed by atoms with Crippen molar-refractivity contribution in [2.75, 3.05) is 52.4 Å². The Balaban J connectivity index is 0.000000202. The van der Waals surface area contributed by atoms with E-state index < -0.39 is 0 Å². The van der Waals surface area contributed by atoms with Gasteiger partial charge in [0.25, 0.3) is 0 Å². The number of piperidine rings is 2. The van der Waals surface area contributed by atoms with Gasteiger partial charge in [0.15, 0.2) is 0 Å². The van der Waals surface area contributed by atoms with Crippen molar-refractivity contribution in [2.45, 2.75) is 98.2 Å². The summed E-state index contributed by atoms with van der Waals surface area (Å²) in [6, 6.07) is 2.27. The second-order valence-corrected chi connectivity index (χ2v) is 9.26. The highest BCUT2D eigenvalue weighted by molar-refractivity contribution is 4.70. The second kappa shape index (κ2) is 14.8. The van der Waals surface area contributed by atoms with Crippen molar-refractivity contribution in [1.29, 1.82) is 0 Å². The number of nitrogens with one attached hydrogen (secondary N) is 1. The normalized spacial score (nSPS) is 23.0. The van der Waals surface area contributed by atoms with Crippen LogP contribution in [0.3, 0.4) is 0 Å². The van der Waals surface area contributed by atoms with Crippen molar-refractivity contribution in [3.05, 3.63) is 0 Å². The fourth-order valence-corrected chi connectivity index (χ4v) is 4.07. The minimum Gasteiger partial charge on any atom is -0.314 e. The number of rotatable bonds is 3. The molecule has 4 heteroatoms. The van der Waals surface area contributed by atoms with E-state index in [-0.39, 0.29) is 0 Å². The van der Waals surface area contributed by atoms with Crippen LogP contribution in [0, 0.1) is 0 Å². The molecule has 1 N–H and O–H groups in total. The van der Waals surface area contributed by atoms with Crippen molar-refractivity contribution in [3.8, 4) is 0 Å². The van der Waals surface area contributed by atoms with E-state index in [0.717, 1.165) is 31.2 Å². The lowest BCUT2D eigenvalue weighted by atomic mass is 10.1. The highest BCUT2D eigenvalue weighted by Gasteiger charge is 2.13.